The molecule has 3 rings (SSSR count). The average Bonchev–Trinajstić information content (AvgIpc) is 3.05. The Kier molecular flexibility index (Phi) is 4.33. The summed E-state index contributed by atoms with van der Waals surface area (Å²) in [5, 5.41) is 12.0. The molecule has 1 fully saturated rings. The van der Waals surface area contributed by atoms with Gasteiger partial charge in [0.15, 0.2) is 0 Å². The molecule has 0 saturated carbocycles. The lowest BCUT2D eigenvalue weighted by Gasteiger charge is -2.32. The maximum absolute atomic E-state index is 8.87. The van der Waals surface area contributed by atoms with E-state index in [9.17, 15) is 0 Å². The third-order valence-electron chi connectivity index (χ3n) is 3.83. The molecule has 6 heteroatoms. The molecule has 120 valence electrons. The molecular weight excluding hydrogens is 308 g/mol. The first-order chi connectivity index (χ1) is 11.0. The number of thiazole rings is 1. The minimum atomic E-state index is -0.0257. The molecule has 0 aliphatic carbocycles. The van der Waals surface area contributed by atoms with Gasteiger partial charge in [0.05, 0.1) is 24.4 Å². The van der Waals surface area contributed by atoms with Crippen molar-refractivity contribution in [3.05, 3.63) is 40.0 Å². The molecule has 0 bridgehead atoms. The van der Waals surface area contributed by atoms with Gasteiger partial charge in [-0.1, -0.05) is 20.8 Å². The highest BCUT2D eigenvalue weighted by molar-refractivity contribution is 7.09. The van der Waals surface area contributed by atoms with Crippen molar-refractivity contribution in [3.8, 4) is 6.07 Å². The third-order valence-corrected chi connectivity index (χ3v) is 4.77. The predicted octanol–water partition coefficient (Wildman–Crippen LogP) is 3.29. The Morgan fingerprint density at radius 1 is 1.39 bits per heavy atom. The summed E-state index contributed by atoms with van der Waals surface area (Å²) in [4.78, 5) is 11.3. The highest BCUT2D eigenvalue weighted by Gasteiger charge is 2.27. The summed E-state index contributed by atoms with van der Waals surface area (Å²) in [6.07, 6.45) is 1.59. The number of aromatic nitrogens is 2. The molecule has 1 saturated heterocycles. The van der Waals surface area contributed by atoms with E-state index in [1.165, 1.54) is 0 Å². The highest BCUT2D eigenvalue weighted by Crippen LogP contribution is 2.31. The van der Waals surface area contributed by atoms with Gasteiger partial charge in [-0.2, -0.15) is 5.26 Å². The largest absolute Gasteiger partial charge is 0.367 e. The van der Waals surface area contributed by atoms with Crippen molar-refractivity contribution in [1.29, 1.82) is 5.26 Å². The van der Waals surface area contributed by atoms with Crippen LogP contribution in [0.2, 0.25) is 0 Å². The maximum atomic E-state index is 8.87. The van der Waals surface area contributed by atoms with E-state index in [0.29, 0.717) is 12.2 Å². The lowest BCUT2D eigenvalue weighted by molar-refractivity contribution is 0.0392. The Morgan fingerprint density at radius 3 is 2.83 bits per heavy atom. The molecule has 2 aromatic rings. The molecule has 0 radical (unpaired) electrons. The number of nitrogens with zero attached hydrogens (tertiary/aromatic N) is 4. The first kappa shape index (κ1) is 15.9. The molecule has 2 aromatic heterocycles. The lowest BCUT2D eigenvalue weighted by atomic mass is 9.93. The van der Waals surface area contributed by atoms with Crippen molar-refractivity contribution in [2.75, 3.05) is 24.6 Å². The van der Waals surface area contributed by atoms with Gasteiger partial charge in [-0.05, 0) is 12.1 Å². The number of ether oxygens (including phenoxy) is 1. The zero-order valence-electron chi connectivity index (χ0n) is 13.6. The topological polar surface area (TPSA) is 62.0 Å². The van der Waals surface area contributed by atoms with Crippen LogP contribution in [0.4, 0.5) is 5.82 Å². The summed E-state index contributed by atoms with van der Waals surface area (Å²) in [7, 11) is 0. The van der Waals surface area contributed by atoms with Crippen LogP contribution in [-0.4, -0.2) is 29.7 Å². The van der Waals surface area contributed by atoms with Crippen molar-refractivity contribution < 1.29 is 4.74 Å². The second-order valence-corrected chi connectivity index (χ2v) is 7.53. The first-order valence-corrected chi connectivity index (χ1v) is 8.54. The smallest absolute Gasteiger partial charge is 0.128 e. The summed E-state index contributed by atoms with van der Waals surface area (Å²) >= 11 is 1.66. The second-order valence-electron chi connectivity index (χ2n) is 6.64. The van der Waals surface area contributed by atoms with Crippen LogP contribution in [0.5, 0.6) is 0 Å². The van der Waals surface area contributed by atoms with Crippen molar-refractivity contribution in [2.45, 2.75) is 32.3 Å². The van der Waals surface area contributed by atoms with Crippen LogP contribution in [0.3, 0.4) is 0 Å². The van der Waals surface area contributed by atoms with Crippen LogP contribution in [0.25, 0.3) is 0 Å². The van der Waals surface area contributed by atoms with Crippen LogP contribution in [0, 0.1) is 11.3 Å². The van der Waals surface area contributed by atoms with E-state index in [2.05, 4.69) is 42.1 Å². The first-order valence-electron chi connectivity index (χ1n) is 7.66. The quantitative estimate of drug-likeness (QED) is 0.846. The van der Waals surface area contributed by atoms with Crippen LogP contribution >= 0.6 is 11.3 Å². The zero-order valence-corrected chi connectivity index (χ0v) is 14.4. The Hall–Kier alpha value is -1.97. The molecule has 1 aliphatic heterocycles. The Balaban J connectivity index is 1.75. The molecule has 1 atom stereocenters. The fourth-order valence-corrected chi connectivity index (χ4v) is 3.51. The minimum Gasteiger partial charge on any atom is -0.367 e. The minimum absolute atomic E-state index is 0.0257. The molecule has 3 heterocycles. The summed E-state index contributed by atoms with van der Waals surface area (Å²) in [6.45, 7) is 8.68. The van der Waals surface area contributed by atoms with E-state index in [0.717, 1.165) is 29.6 Å². The van der Waals surface area contributed by atoms with Crippen molar-refractivity contribution in [1.82, 2.24) is 9.97 Å². The van der Waals surface area contributed by atoms with E-state index >= 15 is 0 Å². The standard InChI is InChI=1S/C17H20N4OS/c1-17(2,3)14-11-23-16(20-14)13-10-21(6-7-22-13)15-5-4-12(8-18)9-19-15/h4-5,9,11,13H,6-7,10H2,1-3H3/t13-/m0/s1. The van der Waals surface area contributed by atoms with E-state index in [4.69, 9.17) is 15.0 Å². The third kappa shape index (κ3) is 3.52. The predicted molar refractivity (Wildman–Crippen MR) is 90.7 cm³/mol. The molecule has 0 aromatic carbocycles. The van der Waals surface area contributed by atoms with Gasteiger partial charge in [0.2, 0.25) is 0 Å². The highest BCUT2D eigenvalue weighted by atomic mass is 32.1. The van der Waals surface area contributed by atoms with Gasteiger partial charge in [-0.15, -0.1) is 11.3 Å². The van der Waals surface area contributed by atoms with Crippen LogP contribution in [0.1, 0.15) is 43.1 Å². The molecule has 23 heavy (non-hydrogen) atoms. The van der Waals surface area contributed by atoms with Gasteiger partial charge in [-0.25, -0.2) is 9.97 Å². The SMILES string of the molecule is CC(C)(C)c1csc([C@@H]2CN(c3ccc(C#N)cn3)CCO2)n1. The number of rotatable bonds is 2. The zero-order chi connectivity index (χ0) is 16.4. The van der Waals surface area contributed by atoms with Crippen LogP contribution in [0.15, 0.2) is 23.7 Å². The normalized spacial score (nSPS) is 18.7. The Morgan fingerprint density at radius 2 is 2.22 bits per heavy atom. The summed E-state index contributed by atoms with van der Waals surface area (Å²) in [6, 6.07) is 5.79. The molecule has 0 amide bonds. The van der Waals surface area contributed by atoms with Crippen LogP contribution < -0.4 is 4.90 Å². The van der Waals surface area contributed by atoms with Gasteiger partial charge in [0.1, 0.15) is 23.0 Å². The van der Waals surface area contributed by atoms with Crippen molar-refractivity contribution >= 4 is 17.2 Å². The van der Waals surface area contributed by atoms with Gasteiger partial charge < -0.3 is 9.64 Å². The van der Waals surface area contributed by atoms with E-state index in [1.54, 1.807) is 23.6 Å². The number of anilines is 1. The average molecular weight is 328 g/mol. The Labute approximate surface area is 140 Å². The summed E-state index contributed by atoms with van der Waals surface area (Å²) in [5.74, 6) is 0.880. The summed E-state index contributed by atoms with van der Waals surface area (Å²) in [5.41, 5.74) is 1.74. The molecule has 0 N–H and O–H groups in total. The fraction of sp³-hybridized carbons (Fsp3) is 0.471. The number of nitriles is 1. The maximum Gasteiger partial charge on any atom is 0.128 e. The molecular formula is C17H20N4OS. The lowest BCUT2D eigenvalue weighted by Crippen LogP contribution is -2.38. The number of hydrogen-bond acceptors (Lipinski definition) is 6. The van der Waals surface area contributed by atoms with Gasteiger partial charge in [0, 0.05) is 23.5 Å². The second kappa shape index (κ2) is 6.26. The monoisotopic (exact) mass is 328 g/mol. The van der Waals surface area contributed by atoms with E-state index < -0.39 is 0 Å². The van der Waals surface area contributed by atoms with E-state index in [-0.39, 0.29) is 11.5 Å². The Bertz CT molecular complexity index is 711. The molecule has 0 unspecified atom stereocenters. The van der Waals surface area contributed by atoms with Crippen molar-refractivity contribution in [2.24, 2.45) is 0 Å². The van der Waals surface area contributed by atoms with Gasteiger partial charge in [-0.3, -0.25) is 0 Å². The molecule has 0 spiro atoms. The van der Waals surface area contributed by atoms with Gasteiger partial charge in [0.25, 0.3) is 0 Å². The number of morpholine rings is 1. The van der Waals surface area contributed by atoms with E-state index in [1.807, 2.05) is 6.07 Å². The molecule has 5 nitrogen and oxygen atoms in total. The molecule has 1 aliphatic rings. The van der Waals surface area contributed by atoms with Crippen molar-refractivity contribution in [3.63, 3.8) is 0 Å². The van der Waals surface area contributed by atoms with Crippen LogP contribution in [-0.2, 0) is 10.2 Å². The number of hydrogen-bond donors (Lipinski definition) is 0. The summed E-state index contributed by atoms with van der Waals surface area (Å²) < 4.78 is 5.91. The fourth-order valence-electron chi connectivity index (χ4n) is 2.43. The van der Waals surface area contributed by atoms with Gasteiger partial charge >= 0.3 is 0 Å². The number of pyridine rings is 1.